The fraction of sp³-hybridized carbons (Fsp3) is 0.492. The highest BCUT2D eigenvalue weighted by molar-refractivity contribution is 6.62. The summed E-state index contributed by atoms with van der Waals surface area (Å²) in [7, 11) is 1.03. The molecule has 4 fully saturated rings. The molecule has 0 N–H and O–H groups in total. The molecule has 6 nitrogen and oxygen atoms in total. The zero-order chi connectivity index (χ0) is 47.7. The molecule has 2 aliphatic carbocycles. The number of hydrogen-bond donors (Lipinski definition) is 0. The van der Waals surface area contributed by atoms with Crippen LogP contribution in [0.4, 0.5) is 0 Å². The molecule has 8 heteroatoms. The third-order valence-electron chi connectivity index (χ3n) is 17.9. The number of hydrogen-bond acceptors (Lipinski definition) is 6. The second kappa shape index (κ2) is 17.4. The number of rotatable bonds is 11. The molecule has 2 saturated heterocycles. The largest absolute Gasteiger partial charge is 0.494 e. The average Bonchev–Trinajstić information content (AvgIpc) is 3.69. The van der Waals surface area contributed by atoms with E-state index in [4.69, 9.17) is 28.1 Å². The Kier molecular flexibility index (Phi) is 12.5. The van der Waals surface area contributed by atoms with Crippen molar-refractivity contribution in [2.75, 3.05) is 13.9 Å². The van der Waals surface area contributed by atoms with E-state index in [2.05, 4.69) is 197 Å². The van der Waals surface area contributed by atoms with Gasteiger partial charge in [0.2, 0.25) is 0 Å². The highest BCUT2D eigenvalue weighted by Gasteiger charge is 2.53. The molecule has 5 aromatic carbocycles. The van der Waals surface area contributed by atoms with Crippen molar-refractivity contribution in [3.63, 3.8) is 0 Å². The maximum Gasteiger partial charge on any atom is 0.494 e. The van der Waals surface area contributed by atoms with E-state index in [1.807, 2.05) is 0 Å². The Labute approximate surface area is 403 Å². The molecule has 0 radical (unpaired) electrons. The van der Waals surface area contributed by atoms with E-state index in [0.717, 1.165) is 62.3 Å². The molecule has 2 saturated carbocycles. The van der Waals surface area contributed by atoms with E-state index in [-0.39, 0.29) is 59.7 Å². The van der Waals surface area contributed by atoms with E-state index in [1.54, 1.807) is 7.11 Å². The van der Waals surface area contributed by atoms with Gasteiger partial charge in [-0.1, -0.05) is 142 Å². The Bertz CT molecular complexity index is 2460. The quantitative estimate of drug-likeness (QED) is 0.0972. The highest BCUT2D eigenvalue weighted by Crippen LogP contribution is 2.51. The zero-order valence-electron chi connectivity index (χ0n) is 42.5. The van der Waals surface area contributed by atoms with Crippen molar-refractivity contribution in [3.05, 3.63) is 144 Å². The minimum Gasteiger partial charge on any atom is -0.399 e. The minimum atomic E-state index is -0.399. The first-order valence-corrected chi connectivity index (χ1v) is 25.0. The van der Waals surface area contributed by atoms with Crippen LogP contribution in [0.1, 0.15) is 150 Å². The second-order valence-corrected chi connectivity index (χ2v) is 23.4. The van der Waals surface area contributed by atoms with Crippen LogP contribution in [0.2, 0.25) is 0 Å². The fourth-order valence-corrected chi connectivity index (χ4v) is 11.0. The molecule has 0 bridgehead atoms. The lowest BCUT2D eigenvalue weighted by Crippen LogP contribution is -2.41. The molecule has 2 aliphatic heterocycles. The first-order valence-electron chi connectivity index (χ1n) is 25.0. The molecule has 4 aliphatic rings. The van der Waals surface area contributed by atoms with Gasteiger partial charge in [0.05, 0.1) is 28.0 Å². The summed E-state index contributed by atoms with van der Waals surface area (Å²) in [4.78, 5) is 0. The summed E-state index contributed by atoms with van der Waals surface area (Å²) in [5.41, 5.74) is 11.0. The van der Waals surface area contributed by atoms with Gasteiger partial charge in [-0.15, -0.1) is 0 Å². The molecule has 9 rings (SSSR count). The molecule has 5 aromatic rings. The van der Waals surface area contributed by atoms with Crippen LogP contribution in [0.3, 0.4) is 0 Å². The van der Waals surface area contributed by atoms with Gasteiger partial charge >= 0.3 is 14.2 Å². The molecule has 0 atom stereocenters. The van der Waals surface area contributed by atoms with Crippen LogP contribution in [-0.2, 0) is 49.9 Å². The van der Waals surface area contributed by atoms with Crippen LogP contribution in [0.5, 0.6) is 0 Å². The van der Waals surface area contributed by atoms with Crippen molar-refractivity contribution in [1.82, 2.24) is 0 Å². The summed E-state index contributed by atoms with van der Waals surface area (Å²) in [6.45, 7) is 24.4. The monoisotopic (exact) mass is 901 g/mol. The Hall–Kier alpha value is -4.01. The lowest BCUT2D eigenvalue weighted by Gasteiger charge is -2.45. The SMILES string of the molecule is COCOC1(c2ccc(-c3ccc(-c4ccc(C5(C)CCC(C)(c6ccc(B7OC(C)(C)C(C)(C)O7)cc6)CC5)cc4)cc3)cc2)CCC(C)(c2ccc(B3OC(C)(C)C(C)(C)O3)cc2)CC1. The van der Waals surface area contributed by atoms with Crippen LogP contribution in [0, 0.1) is 0 Å². The predicted molar refractivity (Wildman–Crippen MR) is 275 cm³/mol. The fourth-order valence-electron chi connectivity index (χ4n) is 11.0. The molecule has 352 valence electrons. The molecule has 0 amide bonds. The molecule has 0 spiro atoms. The van der Waals surface area contributed by atoms with Gasteiger partial charge in [-0.25, -0.2) is 0 Å². The lowest BCUT2D eigenvalue weighted by atomic mass is 9.60. The van der Waals surface area contributed by atoms with Crippen molar-refractivity contribution in [3.8, 4) is 22.3 Å². The van der Waals surface area contributed by atoms with Crippen molar-refractivity contribution in [2.24, 2.45) is 0 Å². The van der Waals surface area contributed by atoms with Gasteiger partial charge in [0.1, 0.15) is 6.79 Å². The van der Waals surface area contributed by atoms with Gasteiger partial charge in [-0.2, -0.15) is 0 Å². The Balaban J connectivity index is 0.813. The van der Waals surface area contributed by atoms with Crippen LogP contribution in [-0.4, -0.2) is 50.5 Å². The maximum absolute atomic E-state index is 6.62. The highest BCUT2D eigenvalue weighted by atomic mass is 16.7. The van der Waals surface area contributed by atoms with E-state index >= 15 is 0 Å². The van der Waals surface area contributed by atoms with Gasteiger partial charge in [-0.05, 0) is 178 Å². The normalized spacial score (nSPS) is 28.7. The van der Waals surface area contributed by atoms with E-state index in [0.29, 0.717) is 0 Å². The number of benzene rings is 5. The minimum absolute atomic E-state index is 0.0405. The molecular weight excluding hydrogens is 826 g/mol. The first-order chi connectivity index (χ1) is 31.6. The summed E-state index contributed by atoms with van der Waals surface area (Å²) >= 11 is 0. The van der Waals surface area contributed by atoms with Gasteiger partial charge in [0.25, 0.3) is 0 Å². The predicted octanol–water partition coefficient (Wildman–Crippen LogP) is 12.8. The van der Waals surface area contributed by atoms with Crippen LogP contribution < -0.4 is 10.9 Å². The number of methoxy groups -OCH3 is 1. The van der Waals surface area contributed by atoms with E-state index in [9.17, 15) is 0 Å². The van der Waals surface area contributed by atoms with Crippen LogP contribution in [0.15, 0.2) is 121 Å². The maximum atomic E-state index is 6.62. The van der Waals surface area contributed by atoms with Gasteiger partial charge in [0.15, 0.2) is 0 Å². The number of ether oxygens (including phenoxy) is 2. The third kappa shape index (κ3) is 9.05. The smallest absolute Gasteiger partial charge is 0.399 e. The lowest BCUT2D eigenvalue weighted by molar-refractivity contribution is -0.156. The van der Waals surface area contributed by atoms with Crippen molar-refractivity contribution in [1.29, 1.82) is 0 Å². The van der Waals surface area contributed by atoms with E-state index in [1.165, 1.54) is 44.5 Å². The molecule has 0 aromatic heterocycles. The molecule has 67 heavy (non-hydrogen) atoms. The summed E-state index contributed by atoms with van der Waals surface area (Å²) in [5, 5.41) is 0. The standard InChI is InChI=1S/C59H74B2O6/c1-52(2)53(3,4)65-60(64-52)50-29-25-47(26-30-50)57(10)35-33-56(9,34-36-57)46-21-17-44(18-22-46)42-13-15-43(16-14-42)45-19-23-49(24-20-45)59(63-41-62-12)39-37-58(11,38-40-59)48-27-31-51(32-28-48)61-66-54(5,6)55(7,8)67-61/h13-32H,33-41H2,1-12H3. The zero-order valence-corrected chi connectivity index (χ0v) is 42.5. The summed E-state index contributed by atoms with van der Waals surface area (Å²) in [6, 6.07) is 45.4. The van der Waals surface area contributed by atoms with Gasteiger partial charge in [0, 0.05) is 7.11 Å². The van der Waals surface area contributed by atoms with Crippen molar-refractivity contribution < 1.29 is 28.1 Å². The van der Waals surface area contributed by atoms with Gasteiger partial charge in [-0.3, -0.25) is 0 Å². The Morgan fingerprint density at radius 3 is 0.910 bits per heavy atom. The van der Waals surface area contributed by atoms with E-state index < -0.39 is 5.60 Å². The second-order valence-electron chi connectivity index (χ2n) is 23.4. The van der Waals surface area contributed by atoms with Gasteiger partial charge < -0.3 is 28.1 Å². The van der Waals surface area contributed by atoms with Crippen LogP contribution >= 0.6 is 0 Å². The summed E-state index contributed by atoms with van der Waals surface area (Å²) in [6.07, 6.45) is 8.48. The first kappa shape index (κ1) is 48.0. The molecule has 2 heterocycles. The summed E-state index contributed by atoms with van der Waals surface area (Å²) in [5.74, 6) is 0. The Morgan fingerprint density at radius 1 is 0.358 bits per heavy atom. The molecule has 0 unspecified atom stereocenters. The summed E-state index contributed by atoms with van der Waals surface area (Å²) < 4.78 is 37.4. The van der Waals surface area contributed by atoms with Crippen molar-refractivity contribution in [2.45, 2.75) is 172 Å². The topological polar surface area (TPSA) is 55.4 Å². The van der Waals surface area contributed by atoms with Crippen LogP contribution in [0.25, 0.3) is 22.3 Å². The average molecular weight is 901 g/mol. The Morgan fingerprint density at radius 2 is 0.612 bits per heavy atom. The third-order valence-corrected chi connectivity index (χ3v) is 17.9. The molecular formula is C59H74B2O6. The van der Waals surface area contributed by atoms with Crippen molar-refractivity contribution >= 4 is 25.2 Å².